The summed E-state index contributed by atoms with van der Waals surface area (Å²) < 4.78 is 23.4. The molecule has 0 saturated heterocycles. The van der Waals surface area contributed by atoms with Crippen molar-refractivity contribution in [2.24, 2.45) is 0 Å². The third-order valence-corrected chi connectivity index (χ3v) is 4.93. The van der Waals surface area contributed by atoms with Crippen molar-refractivity contribution in [1.82, 2.24) is 0 Å². The number of aryl methyl sites for hydroxylation is 2. The molecule has 0 aliphatic carbocycles. The number of carbonyl (C=O) groups excluding carboxylic acids is 1. The van der Waals surface area contributed by atoms with Crippen LogP contribution in [0.2, 0.25) is 5.02 Å². The first-order valence-electron chi connectivity index (χ1n) is 6.56. The second-order valence-corrected chi connectivity index (χ2v) is 7.56. The second kappa shape index (κ2) is 6.10. The van der Waals surface area contributed by atoms with Gasteiger partial charge in [0.15, 0.2) is 9.84 Å². The van der Waals surface area contributed by atoms with Gasteiger partial charge in [-0.05, 0) is 49.2 Å². The zero-order chi connectivity index (χ0) is 16.5. The molecule has 1 N–H and O–H groups in total. The highest BCUT2D eigenvalue weighted by Gasteiger charge is 2.15. The molecule has 0 radical (unpaired) electrons. The summed E-state index contributed by atoms with van der Waals surface area (Å²) in [5.74, 6) is -0.384. The maximum atomic E-state index is 12.3. The van der Waals surface area contributed by atoms with Gasteiger partial charge in [0.1, 0.15) is 0 Å². The van der Waals surface area contributed by atoms with Gasteiger partial charge in [0.2, 0.25) is 0 Å². The van der Waals surface area contributed by atoms with Crippen molar-refractivity contribution in [3.05, 3.63) is 58.1 Å². The fourth-order valence-corrected chi connectivity index (χ4v) is 3.19. The predicted octanol–water partition coefficient (Wildman–Crippen LogP) is 3.61. The van der Waals surface area contributed by atoms with Crippen LogP contribution in [0.25, 0.3) is 0 Å². The molecule has 0 aromatic heterocycles. The Morgan fingerprint density at radius 3 is 2.27 bits per heavy atom. The normalized spacial score (nSPS) is 11.3. The van der Waals surface area contributed by atoms with Crippen LogP contribution in [0.1, 0.15) is 21.5 Å². The van der Waals surface area contributed by atoms with E-state index in [0.717, 1.165) is 11.8 Å². The highest BCUT2D eigenvalue weighted by molar-refractivity contribution is 7.90. The zero-order valence-corrected chi connectivity index (χ0v) is 14.0. The fraction of sp³-hybridized carbons (Fsp3) is 0.188. The first kappa shape index (κ1) is 16.5. The number of halogens is 1. The third kappa shape index (κ3) is 3.67. The van der Waals surface area contributed by atoms with E-state index in [1.165, 1.54) is 6.07 Å². The van der Waals surface area contributed by atoms with E-state index >= 15 is 0 Å². The van der Waals surface area contributed by atoms with Crippen LogP contribution in [0.5, 0.6) is 0 Å². The molecule has 0 heterocycles. The highest BCUT2D eigenvalue weighted by Crippen LogP contribution is 2.22. The lowest BCUT2D eigenvalue weighted by Gasteiger charge is -2.09. The largest absolute Gasteiger partial charge is 0.322 e. The van der Waals surface area contributed by atoms with Gasteiger partial charge in [-0.1, -0.05) is 23.7 Å². The summed E-state index contributed by atoms with van der Waals surface area (Å²) in [4.78, 5) is 12.4. The molecule has 0 bridgehead atoms. The van der Waals surface area contributed by atoms with Crippen molar-refractivity contribution >= 4 is 33.0 Å². The number of amides is 1. The van der Waals surface area contributed by atoms with Gasteiger partial charge in [0.05, 0.1) is 4.90 Å². The molecule has 2 aromatic carbocycles. The first-order valence-corrected chi connectivity index (χ1v) is 8.83. The molecule has 1 amide bonds. The minimum atomic E-state index is -3.38. The molecule has 0 atom stereocenters. The van der Waals surface area contributed by atoms with E-state index in [2.05, 4.69) is 5.32 Å². The van der Waals surface area contributed by atoms with Gasteiger partial charge in [-0.25, -0.2) is 8.42 Å². The average Bonchev–Trinajstić information content (AvgIpc) is 2.42. The molecule has 2 aromatic rings. The number of anilines is 1. The fourth-order valence-electron chi connectivity index (χ4n) is 2.01. The van der Waals surface area contributed by atoms with Crippen LogP contribution >= 0.6 is 11.6 Å². The molecule has 2 rings (SSSR count). The minimum Gasteiger partial charge on any atom is -0.322 e. The number of nitrogens with one attached hydrogen (secondary N) is 1. The smallest absolute Gasteiger partial charge is 0.255 e. The number of hydrogen-bond donors (Lipinski definition) is 1. The van der Waals surface area contributed by atoms with E-state index < -0.39 is 9.84 Å². The molecule has 0 aliphatic rings. The van der Waals surface area contributed by atoms with Gasteiger partial charge >= 0.3 is 0 Å². The lowest BCUT2D eigenvalue weighted by molar-refractivity contribution is 0.102. The molecule has 22 heavy (non-hydrogen) atoms. The lowest BCUT2D eigenvalue weighted by atomic mass is 10.1. The average molecular weight is 338 g/mol. The Kier molecular flexibility index (Phi) is 4.58. The van der Waals surface area contributed by atoms with Crippen LogP contribution in [0.3, 0.4) is 0 Å². The van der Waals surface area contributed by atoms with E-state index in [1.54, 1.807) is 37.3 Å². The molecule has 0 fully saturated rings. The van der Waals surface area contributed by atoms with Crippen LogP contribution in [0, 0.1) is 13.8 Å². The van der Waals surface area contributed by atoms with Crippen LogP contribution in [0.15, 0.2) is 41.3 Å². The first-order chi connectivity index (χ1) is 10.2. The van der Waals surface area contributed by atoms with Crippen molar-refractivity contribution in [2.75, 3.05) is 11.6 Å². The Morgan fingerprint density at radius 1 is 1.05 bits per heavy atom. The highest BCUT2D eigenvalue weighted by atomic mass is 35.5. The van der Waals surface area contributed by atoms with Crippen molar-refractivity contribution in [3.63, 3.8) is 0 Å². The number of hydrogen-bond acceptors (Lipinski definition) is 3. The van der Waals surface area contributed by atoms with Gasteiger partial charge in [-0.15, -0.1) is 0 Å². The number of sulfone groups is 1. The summed E-state index contributed by atoms with van der Waals surface area (Å²) in [6, 6.07) is 9.79. The molecular formula is C16H16ClNO3S. The number of carbonyl (C=O) groups is 1. The number of benzene rings is 2. The van der Waals surface area contributed by atoms with Gasteiger partial charge in [-0.3, -0.25) is 4.79 Å². The molecule has 116 valence electrons. The van der Waals surface area contributed by atoms with Crippen molar-refractivity contribution in [2.45, 2.75) is 18.7 Å². The standard InChI is InChI=1S/C16H16ClNO3S/c1-10-5-7-13(9-14(10)17)18-16(19)12-6-4-11(2)15(8-12)22(3,20)21/h4-9H,1-3H3,(H,18,19). The van der Waals surface area contributed by atoms with Crippen LogP contribution in [-0.4, -0.2) is 20.6 Å². The Bertz CT molecular complexity index is 844. The Morgan fingerprint density at radius 2 is 1.68 bits per heavy atom. The minimum absolute atomic E-state index is 0.155. The Labute approximate surface area is 135 Å². The molecule has 0 unspecified atom stereocenters. The maximum absolute atomic E-state index is 12.3. The van der Waals surface area contributed by atoms with Crippen LogP contribution in [0.4, 0.5) is 5.69 Å². The van der Waals surface area contributed by atoms with E-state index in [-0.39, 0.29) is 16.4 Å². The maximum Gasteiger partial charge on any atom is 0.255 e. The lowest BCUT2D eigenvalue weighted by Crippen LogP contribution is -2.13. The van der Waals surface area contributed by atoms with Crippen molar-refractivity contribution in [1.29, 1.82) is 0 Å². The van der Waals surface area contributed by atoms with Gasteiger partial charge in [-0.2, -0.15) is 0 Å². The van der Waals surface area contributed by atoms with Gasteiger partial charge in [0, 0.05) is 22.5 Å². The molecule has 6 heteroatoms. The Balaban J connectivity index is 2.32. The van der Waals surface area contributed by atoms with Crippen LogP contribution in [-0.2, 0) is 9.84 Å². The monoisotopic (exact) mass is 337 g/mol. The quantitative estimate of drug-likeness (QED) is 0.930. The van der Waals surface area contributed by atoms with Crippen molar-refractivity contribution in [3.8, 4) is 0 Å². The third-order valence-electron chi connectivity index (χ3n) is 3.28. The number of rotatable bonds is 3. The molecule has 0 saturated carbocycles. The zero-order valence-electron chi connectivity index (χ0n) is 12.5. The second-order valence-electron chi connectivity index (χ2n) is 5.17. The van der Waals surface area contributed by atoms with E-state index in [0.29, 0.717) is 16.3 Å². The molecular weight excluding hydrogens is 322 g/mol. The van der Waals surface area contributed by atoms with E-state index in [9.17, 15) is 13.2 Å². The SMILES string of the molecule is Cc1ccc(NC(=O)c2ccc(C)c(S(C)(=O)=O)c2)cc1Cl. The summed E-state index contributed by atoms with van der Waals surface area (Å²) in [6.45, 7) is 3.56. The summed E-state index contributed by atoms with van der Waals surface area (Å²) in [5, 5.41) is 3.26. The van der Waals surface area contributed by atoms with Crippen LogP contribution < -0.4 is 5.32 Å². The van der Waals surface area contributed by atoms with E-state index in [4.69, 9.17) is 11.6 Å². The summed E-state index contributed by atoms with van der Waals surface area (Å²) in [6.07, 6.45) is 1.12. The molecule has 0 aliphatic heterocycles. The van der Waals surface area contributed by atoms with Crippen molar-refractivity contribution < 1.29 is 13.2 Å². The summed E-state index contributed by atoms with van der Waals surface area (Å²) >= 11 is 6.02. The predicted molar refractivity (Wildman–Crippen MR) is 88.4 cm³/mol. The molecule has 4 nitrogen and oxygen atoms in total. The van der Waals surface area contributed by atoms with Gasteiger partial charge < -0.3 is 5.32 Å². The summed E-state index contributed by atoms with van der Waals surface area (Å²) in [7, 11) is -3.38. The Hall–Kier alpha value is -1.85. The molecule has 0 spiro atoms. The summed E-state index contributed by atoms with van der Waals surface area (Å²) in [5.41, 5.74) is 2.36. The van der Waals surface area contributed by atoms with E-state index in [1.807, 2.05) is 6.92 Å². The topological polar surface area (TPSA) is 63.2 Å². The van der Waals surface area contributed by atoms with Gasteiger partial charge in [0.25, 0.3) is 5.91 Å².